The highest BCUT2D eigenvalue weighted by molar-refractivity contribution is 7.17. The SMILES string of the molecule is CCN(C(=O)Cn1c(C(=O)O)cc2sccc21)c1cccc(C(N)O)c1. The molecule has 0 bridgehead atoms. The Bertz CT molecular complexity index is 960. The zero-order valence-corrected chi connectivity index (χ0v) is 14.9. The molecule has 0 saturated carbocycles. The molecule has 1 unspecified atom stereocenters. The third kappa shape index (κ3) is 3.34. The largest absolute Gasteiger partial charge is 0.477 e. The summed E-state index contributed by atoms with van der Waals surface area (Å²) >= 11 is 1.43. The monoisotopic (exact) mass is 373 g/mol. The highest BCUT2D eigenvalue weighted by atomic mass is 32.1. The van der Waals surface area contributed by atoms with Crippen molar-refractivity contribution in [1.82, 2.24) is 4.57 Å². The van der Waals surface area contributed by atoms with Gasteiger partial charge in [0.2, 0.25) is 5.91 Å². The Balaban J connectivity index is 1.93. The maximum Gasteiger partial charge on any atom is 0.352 e. The molecule has 3 aromatic rings. The maximum absolute atomic E-state index is 12.9. The number of benzene rings is 1. The third-order valence-electron chi connectivity index (χ3n) is 4.18. The first-order chi connectivity index (χ1) is 12.4. The van der Waals surface area contributed by atoms with Gasteiger partial charge in [0.25, 0.3) is 0 Å². The van der Waals surface area contributed by atoms with Crippen molar-refractivity contribution in [3.8, 4) is 0 Å². The minimum absolute atomic E-state index is 0.0855. The van der Waals surface area contributed by atoms with Gasteiger partial charge in [-0.1, -0.05) is 12.1 Å². The van der Waals surface area contributed by atoms with E-state index in [4.69, 9.17) is 5.73 Å². The molecule has 1 amide bonds. The number of carboxylic acid groups (broad SMARTS) is 1. The number of hydrogen-bond acceptors (Lipinski definition) is 5. The number of aromatic nitrogens is 1. The number of anilines is 1. The number of carboxylic acids is 1. The lowest BCUT2D eigenvalue weighted by Gasteiger charge is -2.23. The van der Waals surface area contributed by atoms with Gasteiger partial charge in [0.1, 0.15) is 18.5 Å². The van der Waals surface area contributed by atoms with E-state index >= 15 is 0 Å². The Kier molecular flexibility index (Phi) is 5.08. The highest BCUT2D eigenvalue weighted by Gasteiger charge is 2.21. The summed E-state index contributed by atoms with van der Waals surface area (Å²) < 4.78 is 2.34. The van der Waals surface area contributed by atoms with Gasteiger partial charge in [0.15, 0.2) is 0 Å². The van der Waals surface area contributed by atoms with Gasteiger partial charge in [-0.05, 0) is 42.1 Å². The van der Waals surface area contributed by atoms with E-state index < -0.39 is 12.2 Å². The summed E-state index contributed by atoms with van der Waals surface area (Å²) in [5, 5.41) is 20.8. The van der Waals surface area contributed by atoms with Crippen molar-refractivity contribution in [2.24, 2.45) is 5.73 Å². The van der Waals surface area contributed by atoms with Crippen molar-refractivity contribution in [1.29, 1.82) is 0 Å². The maximum atomic E-state index is 12.9. The van der Waals surface area contributed by atoms with Crippen LogP contribution in [-0.4, -0.2) is 33.2 Å². The summed E-state index contributed by atoms with van der Waals surface area (Å²) in [5.74, 6) is -1.32. The van der Waals surface area contributed by atoms with Gasteiger partial charge in [-0.25, -0.2) is 4.79 Å². The summed E-state index contributed by atoms with van der Waals surface area (Å²) in [6.07, 6.45) is -1.13. The molecule has 0 aliphatic rings. The Hall–Kier alpha value is -2.68. The van der Waals surface area contributed by atoms with Crippen LogP contribution in [0.5, 0.6) is 0 Å². The second-order valence-corrected chi connectivity index (χ2v) is 6.72. The number of carbonyl (C=O) groups is 2. The van der Waals surface area contributed by atoms with Crippen LogP contribution in [0.2, 0.25) is 0 Å². The molecule has 4 N–H and O–H groups in total. The fraction of sp³-hybridized carbons (Fsp3) is 0.222. The standard InChI is InChI=1S/C18H19N3O4S/c1-2-20(12-5-3-4-11(8-12)17(19)23)16(22)10-21-13-6-7-26-15(13)9-14(21)18(24)25/h3-9,17,23H,2,10,19H2,1H3,(H,24,25). The summed E-state index contributed by atoms with van der Waals surface area (Å²) in [6.45, 7) is 2.14. The number of hydrogen-bond donors (Lipinski definition) is 3. The van der Waals surface area contributed by atoms with E-state index in [1.54, 1.807) is 36.4 Å². The second kappa shape index (κ2) is 7.28. The number of amides is 1. The predicted octanol–water partition coefficient (Wildman–Crippen LogP) is 2.40. The molecule has 1 atom stereocenters. The van der Waals surface area contributed by atoms with E-state index in [0.29, 0.717) is 17.8 Å². The van der Waals surface area contributed by atoms with Crippen LogP contribution in [0.3, 0.4) is 0 Å². The molecule has 0 spiro atoms. The predicted molar refractivity (Wildman–Crippen MR) is 100 cm³/mol. The fourth-order valence-electron chi connectivity index (χ4n) is 2.92. The molecule has 136 valence electrons. The van der Waals surface area contributed by atoms with Gasteiger partial charge in [-0.2, -0.15) is 0 Å². The first-order valence-electron chi connectivity index (χ1n) is 8.06. The number of thiophene rings is 1. The summed E-state index contributed by atoms with van der Waals surface area (Å²) in [4.78, 5) is 25.9. The van der Waals surface area contributed by atoms with Crippen LogP contribution >= 0.6 is 11.3 Å². The molecule has 26 heavy (non-hydrogen) atoms. The Morgan fingerprint density at radius 3 is 2.73 bits per heavy atom. The molecule has 2 heterocycles. The minimum atomic E-state index is -1.13. The van der Waals surface area contributed by atoms with Crippen molar-refractivity contribution < 1.29 is 19.8 Å². The molecule has 0 aliphatic heterocycles. The molecule has 0 saturated heterocycles. The van der Waals surface area contributed by atoms with Gasteiger partial charge >= 0.3 is 5.97 Å². The lowest BCUT2D eigenvalue weighted by molar-refractivity contribution is -0.119. The van der Waals surface area contributed by atoms with Crippen LogP contribution in [-0.2, 0) is 11.3 Å². The van der Waals surface area contributed by atoms with Crippen LogP contribution in [0.4, 0.5) is 5.69 Å². The molecule has 0 fully saturated rings. The van der Waals surface area contributed by atoms with Crippen molar-refractivity contribution in [2.75, 3.05) is 11.4 Å². The van der Waals surface area contributed by atoms with Crippen molar-refractivity contribution in [3.63, 3.8) is 0 Å². The number of carbonyl (C=O) groups excluding carboxylic acids is 1. The van der Waals surface area contributed by atoms with Crippen molar-refractivity contribution >= 4 is 39.1 Å². The van der Waals surface area contributed by atoms with Gasteiger partial charge in [-0.3, -0.25) is 4.79 Å². The van der Waals surface area contributed by atoms with E-state index in [0.717, 1.165) is 10.2 Å². The Morgan fingerprint density at radius 2 is 2.08 bits per heavy atom. The minimum Gasteiger partial charge on any atom is -0.477 e. The van der Waals surface area contributed by atoms with E-state index in [-0.39, 0.29) is 18.1 Å². The summed E-state index contributed by atoms with van der Waals surface area (Å²) in [5.41, 5.74) is 7.41. The molecular weight excluding hydrogens is 354 g/mol. The third-order valence-corrected chi connectivity index (χ3v) is 5.03. The van der Waals surface area contributed by atoms with Gasteiger partial charge in [0, 0.05) is 12.2 Å². The van der Waals surface area contributed by atoms with Gasteiger partial charge in [-0.15, -0.1) is 11.3 Å². The second-order valence-electron chi connectivity index (χ2n) is 5.77. The normalized spacial score (nSPS) is 12.3. The Morgan fingerprint density at radius 1 is 1.31 bits per heavy atom. The number of nitrogens with zero attached hydrogens (tertiary/aromatic N) is 2. The Labute approximate surface area is 153 Å². The van der Waals surface area contributed by atoms with Crippen LogP contribution < -0.4 is 10.6 Å². The van der Waals surface area contributed by atoms with Crippen molar-refractivity contribution in [3.05, 3.63) is 53.0 Å². The molecule has 3 rings (SSSR count). The topological polar surface area (TPSA) is 109 Å². The molecule has 0 radical (unpaired) electrons. The number of nitrogens with two attached hydrogens (primary N) is 1. The van der Waals surface area contributed by atoms with Gasteiger partial charge < -0.3 is 25.4 Å². The van der Waals surface area contributed by atoms with E-state index in [1.807, 2.05) is 12.3 Å². The molecule has 8 heteroatoms. The summed E-state index contributed by atoms with van der Waals surface area (Å²) in [6, 6.07) is 10.2. The number of likely N-dealkylation sites (N-methyl/N-ethyl adjacent to an activating group) is 1. The first-order valence-corrected chi connectivity index (χ1v) is 8.94. The average Bonchev–Trinajstić information content (AvgIpc) is 3.18. The molecule has 0 aliphatic carbocycles. The number of rotatable bonds is 6. The van der Waals surface area contributed by atoms with E-state index in [9.17, 15) is 19.8 Å². The zero-order chi connectivity index (χ0) is 18.8. The highest BCUT2D eigenvalue weighted by Crippen LogP contribution is 2.26. The van der Waals surface area contributed by atoms with Crippen LogP contribution in [0.25, 0.3) is 10.2 Å². The fourth-order valence-corrected chi connectivity index (χ4v) is 3.75. The quantitative estimate of drug-likeness (QED) is 0.575. The van der Waals surface area contributed by atoms with Crippen LogP contribution in [0, 0.1) is 0 Å². The smallest absolute Gasteiger partial charge is 0.352 e. The number of fused-ring (bicyclic) bond motifs is 1. The molecule has 2 aromatic heterocycles. The van der Waals surface area contributed by atoms with Gasteiger partial charge in [0.05, 0.1) is 10.2 Å². The zero-order valence-electron chi connectivity index (χ0n) is 14.1. The molecule has 7 nitrogen and oxygen atoms in total. The molecular formula is C18H19N3O4S. The lowest BCUT2D eigenvalue weighted by atomic mass is 10.1. The first kappa shape index (κ1) is 18.1. The molecule has 1 aromatic carbocycles. The number of aromatic carboxylic acids is 1. The lowest BCUT2D eigenvalue weighted by Crippen LogP contribution is -2.34. The van der Waals surface area contributed by atoms with E-state index in [1.165, 1.54) is 20.8 Å². The number of aliphatic hydroxyl groups excluding tert-OH is 1. The van der Waals surface area contributed by atoms with Crippen LogP contribution in [0.1, 0.15) is 29.2 Å². The van der Waals surface area contributed by atoms with Crippen molar-refractivity contribution in [2.45, 2.75) is 19.7 Å². The number of aliphatic hydroxyl groups is 1. The van der Waals surface area contributed by atoms with Crippen LogP contribution in [0.15, 0.2) is 41.8 Å². The van der Waals surface area contributed by atoms with E-state index in [2.05, 4.69) is 0 Å². The summed E-state index contributed by atoms with van der Waals surface area (Å²) in [7, 11) is 0. The average molecular weight is 373 g/mol.